The van der Waals surface area contributed by atoms with Gasteiger partial charge in [-0.25, -0.2) is 0 Å². The fraction of sp³-hybridized carbons (Fsp3) is 0.571. The largest absolute Gasteiger partial charge is 0.496 e. The second kappa shape index (κ2) is 6.27. The molecule has 1 aromatic carbocycles. The lowest BCUT2D eigenvalue weighted by Gasteiger charge is -2.16. The van der Waals surface area contributed by atoms with Crippen LogP contribution in [0.5, 0.6) is 5.75 Å². The van der Waals surface area contributed by atoms with E-state index in [0.717, 1.165) is 42.0 Å². The van der Waals surface area contributed by atoms with Gasteiger partial charge < -0.3 is 9.84 Å². The predicted octanol–water partition coefficient (Wildman–Crippen LogP) is 3.83. The number of unbranched alkanes of at least 4 members (excludes halogenated alkanes) is 1. The quantitative estimate of drug-likeness (QED) is 0.784. The third-order valence-corrected chi connectivity index (χ3v) is 2.96. The van der Waals surface area contributed by atoms with Gasteiger partial charge >= 0.3 is 0 Å². The molecule has 0 aromatic heterocycles. The normalized spacial score (nSPS) is 11.6. The molecule has 1 rings (SSSR count). The van der Waals surface area contributed by atoms with Crippen LogP contribution < -0.4 is 4.74 Å². The van der Waals surface area contributed by atoms with E-state index in [1.807, 2.05) is 32.0 Å². The molecule has 1 N–H and O–H groups in total. The standard InChI is InChI=1S/C14H21ClO2/c1-14(2,16)9-5-4-6-11-10-12(15)7-8-13(11)17-3/h7-8,10,16H,4-6,9H2,1-3H3. The third-order valence-electron chi connectivity index (χ3n) is 2.73. The van der Waals surface area contributed by atoms with Gasteiger partial charge in [0.15, 0.2) is 0 Å². The van der Waals surface area contributed by atoms with Gasteiger partial charge in [-0.3, -0.25) is 0 Å². The van der Waals surface area contributed by atoms with Gasteiger partial charge in [-0.05, 0) is 56.9 Å². The zero-order valence-electron chi connectivity index (χ0n) is 10.8. The van der Waals surface area contributed by atoms with Crippen LogP contribution in [0.3, 0.4) is 0 Å². The molecule has 0 bridgehead atoms. The summed E-state index contributed by atoms with van der Waals surface area (Å²) in [6, 6.07) is 5.68. The van der Waals surface area contributed by atoms with Crippen molar-refractivity contribution in [2.24, 2.45) is 0 Å². The van der Waals surface area contributed by atoms with Gasteiger partial charge in [0.05, 0.1) is 12.7 Å². The number of hydrogen-bond acceptors (Lipinski definition) is 2. The summed E-state index contributed by atoms with van der Waals surface area (Å²) in [5, 5.41) is 10.4. The van der Waals surface area contributed by atoms with E-state index in [0.29, 0.717) is 0 Å². The minimum absolute atomic E-state index is 0.571. The van der Waals surface area contributed by atoms with Crippen LogP contribution in [0, 0.1) is 0 Å². The first-order valence-electron chi connectivity index (χ1n) is 5.97. The summed E-state index contributed by atoms with van der Waals surface area (Å²) >= 11 is 5.96. The molecule has 17 heavy (non-hydrogen) atoms. The van der Waals surface area contributed by atoms with Gasteiger partial charge in [0, 0.05) is 5.02 Å². The molecule has 1 aromatic rings. The first kappa shape index (κ1) is 14.3. The molecule has 0 unspecified atom stereocenters. The summed E-state index contributed by atoms with van der Waals surface area (Å²) in [5.74, 6) is 0.887. The predicted molar refractivity (Wildman–Crippen MR) is 71.9 cm³/mol. The number of benzene rings is 1. The van der Waals surface area contributed by atoms with Crippen molar-refractivity contribution in [2.45, 2.75) is 45.1 Å². The molecule has 0 spiro atoms. The lowest BCUT2D eigenvalue weighted by Crippen LogP contribution is -2.17. The number of ether oxygens (including phenoxy) is 1. The minimum Gasteiger partial charge on any atom is -0.496 e. The van der Waals surface area contributed by atoms with Gasteiger partial charge in [0.2, 0.25) is 0 Å². The Hall–Kier alpha value is -0.730. The Balaban J connectivity index is 2.48. The molecule has 0 heterocycles. The van der Waals surface area contributed by atoms with Crippen molar-refractivity contribution in [3.63, 3.8) is 0 Å². The van der Waals surface area contributed by atoms with Gasteiger partial charge in [-0.15, -0.1) is 0 Å². The number of hydrogen-bond donors (Lipinski definition) is 1. The highest BCUT2D eigenvalue weighted by Crippen LogP contribution is 2.25. The minimum atomic E-state index is -0.571. The lowest BCUT2D eigenvalue weighted by molar-refractivity contribution is 0.0682. The number of methoxy groups -OCH3 is 1. The highest BCUT2D eigenvalue weighted by atomic mass is 35.5. The first-order valence-corrected chi connectivity index (χ1v) is 6.35. The Labute approximate surface area is 109 Å². The Kier molecular flexibility index (Phi) is 5.29. The number of aliphatic hydroxyl groups is 1. The molecular formula is C14H21ClO2. The van der Waals surface area contributed by atoms with Gasteiger partial charge in [0.1, 0.15) is 5.75 Å². The van der Waals surface area contributed by atoms with E-state index in [4.69, 9.17) is 16.3 Å². The fourth-order valence-corrected chi connectivity index (χ4v) is 2.01. The summed E-state index contributed by atoms with van der Waals surface area (Å²) in [5.41, 5.74) is 0.564. The summed E-state index contributed by atoms with van der Waals surface area (Å²) < 4.78 is 5.29. The second-order valence-electron chi connectivity index (χ2n) is 4.98. The maximum absolute atomic E-state index is 9.61. The van der Waals surface area contributed by atoms with Crippen molar-refractivity contribution >= 4 is 11.6 Å². The molecule has 0 amide bonds. The molecule has 2 nitrogen and oxygen atoms in total. The second-order valence-corrected chi connectivity index (χ2v) is 5.41. The Morgan fingerprint density at radius 3 is 2.59 bits per heavy atom. The van der Waals surface area contributed by atoms with Crippen LogP contribution >= 0.6 is 11.6 Å². The van der Waals surface area contributed by atoms with E-state index in [1.54, 1.807) is 7.11 Å². The molecule has 96 valence electrons. The molecule has 0 fully saturated rings. The van der Waals surface area contributed by atoms with E-state index in [-0.39, 0.29) is 0 Å². The van der Waals surface area contributed by atoms with Crippen LogP contribution in [-0.2, 0) is 6.42 Å². The van der Waals surface area contributed by atoms with Crippen molar-refractivity contribution in [2.75, 3.05) is 7.11 Å². The summed E-state index contributed by atoms with van der Waals surface area (Å²) in [4.78, 5) is 0. The first-order chi connectivity index (χ1) is 7.92. The van der Waals surface area contributed by atoms with Gasteiger partial charge in [0.25, 0.3) is 0 Å². The molecule has 0 aliphatic rings. The molecule has 0 atom stereocenters. The zero-order chi connectivity index (χ0) is 12.9. The zero-order valence-corrected chi connectivity index (χ0v) is 11.5. The number of halogens is 1. The summed E-state index contributed by atoms with van der Waals surface area (Å²) in [6.07, 6.45) is 3.77. The fourth-order valence-electron chi connectivity index (χ4n) is 1.82. The topological polar surface area (TPSA) is 29.5 Å². The third kappa shape index (κ3) is 5.42. The maximum atomic E-state index is 9.61. The van der Waals surface area contributed by atoms with Crippen LogP contribution in [0.4, 0.5) is 0 Å². The van der Waals surface area contributed by atoms with Crippen LogP contribution in [-0.4, -0.2) is 17.8 Å². The average molecular weight is 257 g/mol. The van der Waals surface area contributed by atoms with E-state index in [9.17, 15) is 5.11 Å². The summed E-state index contributed by atoms with van der Waals surface area (Å²) in [6.45, 7) is 3.68. The average Bonchev–Trinajstić information content (AvgIpc) is 2.23. The van der Waals surface area contributed by atoms with Crippen molar-refractivity contribution in [3.8, 4) is 5.75 Å². The molecule has 0 aliphatic heterocycles. The van der Waals surface area contributed by atoms with Crippen LogP contribution in [0.25, 0.3) is 0 Å². The van der Waals surface area contributed by atoms with E-state index in [1.165, 1.54) is 0 Å². The van der Waals surface area contributed by atoms with Crippen LogP contribution in [0.15, 0.2) is 18.2 Å². The number of aryl methyl sites for hydroxylation is 1. The monoisotopic (exact) mass is 256 g/mol. The van der Waals surface area contributed by atoms with Crippen LogP contribution in [0.2, 0.25) is 5.02 Å². The van der Waals surface area contributed by atoms with Crippen molar-refractivity contribution in [3.05, 3.63) is 28.8 Å². The Bertz CT molecular complexity index is 356. The van der Waals surface area contributed by atoms with Crippen LogP contribution in [0.1, 0.15) is 38.7 Å². The van der Waals surface area contributed by atoms with E-state index in [2.05, 4.69) is 0 Å². The Morgan fingerprint density at radius 2 is 2.00 bits per heavy atom. The molecule has 0 saturated carbocycles. The number of rotatable bonds is 6. The molecule has 0 radical (unpaired) electrons. The SMILES string of the molecule is COc1ccc(Cl)cc1CCCCC(C)(C)O. The lowest BCUT2D eigenvalue weighted by atomic mass is 9.99. The van der Waals surface area contributed by atoms with Crippen molar-refractivity contribution in [1.29, 1.82) is 0 Å². The van der Waals surface area contributed by atoms with Gasteiger partial charge in [-0.2, -0.15) is 0 Å². The smallest absolute Gasteiger partial charge is 0.122 e. The maximum Gasteiger partial charge on any atom is 0.122 e. The van der Waals surface area contributed by atoms with Crippen molar-refractivity contribution < 1.29 is 9.84 Å². The highest BCUT2D eigenvalue weighted by molar-refractivity contribution is 6.30. The molecule has 0 saturated heterocycles. The molecule has 0 aliphatic carbocycles. The van der Waals surface area contributed by atoms with E-state index < -0.39 is 5.60 Å². The summed E-state index contributed by atoms with van der Waals surface area (Å²) in [7, 11) is 1.67. The van der Waals surface area contributed by atoms with E-state index >= 15 is 0 Å². The Morgan fingerprint density at radius 1 is 1.29 bits per heavy atom. The molecular weight excluding hydrogens is 236 g/mol. The van der Waals surface area contributed by atoms with Gasteiger partial charge in [-0.1, -0.05) is 18.0 Å². The highest BCUT2D eigenvalue weighted by Gasteiger charge is 2.11. The molecule has 3 heteroatoms. The van der Waals surface area contributed by atoms with Crippen molar-refractivity contribution in [1.82, 2.24) is 0 Å².